The van der Waals surface area contributed by atoms with Crippen molar-refractivity contribution in [3.8, 4) is 56.6 Å². The second-order valence-electron chi connectivity index (χ2n) is 25.1. The summed E-state index contributed by atoms with van der Waals surface area (Å²) in [6.45, 7) is 29.9. The van der Waals surface area contributed by atoms with Gasteiger partial charge in [-0.1, -0.05) is 187 Å². The summed E-state index contributed by atoms with van der Waals surface area (Å²) >= 11 is 0. The van der Waals surface area contributed by atoms with Crippen molar-refractivity contribution in [2.75, 3.05) is 0 Å². The van der Waals surface area contributed by atoms with Crippen molar-refractivity contribution in [2.24, 2.45) is 0 Å². The van der Waals surface area contributed by atoms with E-state index in [-0.39, 0.29) is 48.1 Å². The summed E-state index contributed by atoms with van der Waals surface area (Å²) in [7, 11) is 0. The van der Waals surface area contributed by atoms with Crippen molar-refractivity contribution in [3.05, 3.63) is 204 Å². The SMILES string of the molecule is CC(C)(C)c1cc(Oc2[c-]c3c(cc2)c2cc(-c4cc5c6c(cccc6c4)C(C)(C)C5(C)C)ccc2n3-c2cc(C(C)(C)C)ccn2)[c-]c(-c2nc3ccccc3n2-c2ccc(C(C)(C)C)cc2-c2ccccc2)c1.[Pt+2]. The Morgan fingerprint density at radius 1 is 0.500 bits per heavy atom. The Morgan fingerprint density at radius 2 is 1.21 bits per heavy atom. The summed E-state index contributed by atoms with van der Waals surface area (Å²) in [5.74, 6) is 2.81. The van der Waals surface area contributed by atoms with E-state index in [1.54, 1.807) is 0 Å². The Labute approximate surface area is 463 Å². The molecule has 0 N–H and O–H groups in total. The average molecular weight is 1170 g/mol. The van der Waals surface area contributed by atoms with Crippen molar-refractivity contribution in [1.29, 1.82) is 0 Å². The number of pyridine rings is 1. The molecule has 1 aliphatic carbocycles. The van der Waals surface area contributed by atoms with Crippen LogP contribution in [-0.4, -0.2) is 19.1 Å². The zero-order chi connectivity index (χ0) is 52.6. The fourth-order valence-corrected chi connectivity index (χ4v) is 11.5. The maximum absolute atomic E-state index is 7.03. The minimum absolute atomic E-state index is 0. The summed E-state index contributed by atoms with van der Waals surface area (Å²) in [5, 5.41) is 4.90. The Bertz CT molecular complexity index is 4090. The third kappa shape index (κ3) is 8.42. The van der Waals surface area contributed by atoms with Crippen LogP contribution in [0.1, 0.15) is 118 Å². The molecule has 3 heterocycles. The summed E-state index contributed by atoms with van der Waals surface area (Å²) in [6, 6.07) is 65.0. The molecular formula is C70H66N4OPt. The third-order valence-electron chi connectivity index (χ3n) is 16.6. The number of rotatable bonds is 7. The first-order valence-corrected chi connectivity index (χ1v) is 26.6. The van der Waals surface area contributed by atoms with Gasteiger partial charge in [-0.25, -0.2) is 4.98 Å². The third-order valence-corrected chi connectivity index (χ3v) is 16.6. The van der Waals surface area contributed by atoms with Crippen LogP contribution in [0.2, 0.25) is 0 Å². The summed E-state index contributed by atoms with van der Waals surface area (Å²) in [5.41, 5.74) is 16.5. The maximum atomic E-state index is 7.03. The van der Waals surface area contributed by atoms with Crippen LogP contribution >= 0.6 is 0 Å². The number of ether oxygens (including phenoxy) is 1. The van der Waals surface area contributed by atoms with Gasteiger partial charge >= 0.3 is 21.1 Å². The quantitative estimate of drug-likeness (QED) is 0.149. The number of hydrogen-bond acceptors (Lipinski definition) is 3. The number of nitrogens with zero attached hydrogens (tertiary/aromatic N) is 4. The van der Waals surface area contributed by atoms with Crippen molar-refractivity contribution in [3.63, 3.8) is 0 Å². The van der Waals surface area contributed by atoms with E-state index in [1.807, 2.05) is 6.20 Å². The number of benzene rings is 8. The molecular weight excluding hydrogens is 1110 g/mol. The minimum atomic E-state index is -0.221. The van der Waals surface area contributed by atoms with Crippen LogP contribution in [-0.2, 0) is 48.1 Å². The van der Waals surface area contributed by atoms with Crippen LogP contribution in [0.3, 0.4) is 0 Å². The van der Waals surface area contributed by atoms with Crippen molar-refractivity contribution in [2.45, 2.75) is 117 Å². The van der Waals surface area contributed by atoms with Gasteiger partial charge in [-0.15, -0.1) is 34.7 Å². The fourth-order valence-electron chi connectivity index (χ4n) is 11.5. The summed E-state index contributed by atoms with van der Waals surface area (Å²) in [4.78, 5) is 10.4. The van der Waals surface area contributed by atoms with E-state index in [4.69, 9.17) is 14.7 Å². The largest absolute Gasteiger partial charge is 2.00 e. The Kier molecular flexibility index (Phi) is 12.1. The molecule has 0 saturated carbocycles. The summed E-state index contributed by atoms with van der Waals surface area (Å²) < 4.78 is 11.6. The van der Waals surface area contributed by atoms with Gasteiger partial charge in [0.05, 0.1) is 16.9 Å². The standard InChI is InChI=1S/C70H66N4O.Pt/c1-66(2,3)48-27-31-59(54(40-48)43-20-15-14-16-21-43)74-61-25-18-17-24-58(61)72-65(74)47-35-50(68(7,8)9)39-52(36-47)75-51-28-29-53-55-37-44(46-34-45-22-19-23-56-64(45)57(38-46)70(12,13)69(56,10)11)26-30-60(55)73(62(53)42-51)63-41-49(32-33-71-63)67(4,5)6;/h14-35,37-41H,1-13H3;/q-2;+2. The molecule has 0 amide bonds. The molecule has 0 spiro atoms. The number of imidazole rings is 1. The first-order chi connectivity index (χ1) is 35.6. The van der Waals surface area contributed by atoms with E-state index in [2.05, 4.69) is 269 Å². The first kappa shape index (κ1) is 51.1. The normalized spacial score (nSPS) is 14.2. The molecule has 0 saturated heterocycles. The smallest absolute Gasteiger partial charge is 0.503 e. The van der Waals surface area contributed by atoms with Gasteiger partial charge in [-0.05, 0) is 137 Å². The van der Waals surface area contributed by atoms with Gasteiger partial charge in [-0.2, -0.15) is 6.07 Å². The molecule has 5 nitrogen and oxygen atoms in total. The molecule has 12 rings (SSSR count). The van der Waals surface area contributed by atoms with E-state index in [9.17, 15) is 0 Å². The van der Waals surface area contributed by atoms with E-state index in [1.165, 1.54) is 44.2 Å². The van der Waals surface area contributed by atoms with Gasteiger partial charge in [0, 0.05) is 34.5 Å². The molecule has 0 unspecified atom stereocenters. The molecule has 76 heavy (non-hydrogen) atoms. The van der Waals surface area contributed by atoms with E-state index < -0.39 is 0 Å². The van der Waals surface area contributed by atoms with E-state index in [0.717, 1.165) is 72.4 Å². The average Bonchev–Trinajstić information content (AvgIpc) is 4.15. The van der Waals surface area contributed by atoms with Crippen LogP contribution in [0.4, 0.5) is 0 Å². The predicted molar refractivity (Wildman–Crippen MR) is 313 cm³/mol. The van der Waals surface area contributed by atoms with E-state index >= 15 is 0 Å². The van der Waals surface area contributed by atoms with Crippen LogP contribution in [0, 0.1) is 12.1 Å². The zero-order valence-electron chi connectivity index (χ0n) is 46.1. The molecule has 0 aliphatic heterocycles. The molecule has 0 atom stereocenters. The van der Waals surface area contributed by atoms with Gasteiger partial charge in [0.25, 0.3) is 0 Å². The minimum Gasteiger partial charge on any atom is -0.503 e. The molecule has 1 aliphatic rings. The monoisotopic (exact) mass is 1170 g/mol. The maximum Gasteiger partial charge on any atom is 2.00 e. The van der Waals surface area contributed by atoms with Gasteiger partial charge in [-0.3, -0.25) is 4.98 Å². The molecule has 6 heteroatoms. The Hall–Kier alpha value is -7.07. The predicted octanol–water partition coefficient (Wildman–Crippen LogP) is 18.5. The van der Waals surface area contributed by atoms with Gasteiger partial charge in [0.2, 0.25) is 0 Å². The Morgan fingerprint density at radius 3 is 1.96 bits per heavy atom. The number of fused-ring (bicyclic) bond motifs is 4. The van der Waals surface area contributed by atoms with Crippen LogP contribution in [0.25, 0.3) is 88.8 Å². The number of aromatic nitrogens is 4. The van der Waals surface area contributed by atoms with Gasteiger partial charge in [0.1, 0.15) is 5.82 Å². The van der Waals surface area contributed by atoms with Crippen molar-refractivity contribution >= 4 is 43.6 Å². The zero-order valence-corrected chi connectivity index (χ0v) is 48.4. The molecule has 8 aromatic carbocycles. The first-order valence-electron chi connectivity index (χ1n) is 26.6. The summed E-state index contributed by atoms with van der Waals surface area (Å²) in [6.07, 6.45) is 1.93. The fraction of sp³-hybridized carbons (Fsp3) is 0.257. The van der Waals surface area contributed by atoms with Gasteiger partial charge < -0.3 is 13.9 Å². The molecule has 0 radical (unpaired) electrons. The number of hydrogen-bond donors (Lipinski definition) is 0. The topological polar surface area (TPSA) is 44.9 Å². The van der Waals surface area contributed by atoms with Crippen LogP contribution in [0.5, 0.6) is 11.5 Å². The second kappa shape index (κ2) is 18.0. The molecule has 3 aromatic heterocycles. The molecule has 0 bridgehead atoms. The molecule has 382 valence electrons. The molecule has 0 fully saturated rings. The molecule has 11 aromatic rings. The van der Waals surface area contributed by atoms with Crippen LogP contribution < -0.4 is 4.74 Å². The van der Waals surface area contributed by atoms with Gasteiger partial charge in [0.15, 0.2) is 0 Å². The van der Waals surface area contributed by atoms with Crippen molar-refractivity contribution < 1.29 is 25.8 Å². The second-order valence-corrected chi connectivity index (χ2v) is 25.1. The van der Waals surface area contributed by atoms with Crippen molar-refractivity contribution in [1.82, 2.24) is 19.1 Å². The number of para-hydroxylation sites is 2. The van der Waals surface area contributed by atoms with Crippen LogP contribution in [0.15, 0.2) is 164 Å². The Balaban J connectivity index is 0.00000616. The van der Waals surface area contributed by atoms with E-state index in [0.29, 0.717) is 11.5 Å².